The number of carbonyl (C=O) groups excluding carboxylic acids is 2. The summed E-state index contributed by atoms with van der Waals surface area (Å²) >= 11 is 0. The highest BCUT2D eigenvalue weighted by atomic mass is 16.2. The fraction of sp³-hybridized carbons (Fsp3) is 0.375. The van der Waals surface area contributed by atoms with Crippen LogP contribution >= 0.6 is 0 Å². The van der Waals surface area contributed by atoms with Gasteiger partial charge in [0.15, 0.2) is 0 Å². The zero-order valence-corrected chi connectivity index (χ0v) is 11.9. The Balaban J connectivity index is 2.20. The van der Waals surface area contributed by atoms with Gasteiger partial charge < -0.3 is 10.2 Å². The first-order valence-corrected chi connectivity index (χ1v) is 6.83. The van der Waals surface area contributed by atoms with Crippen molar-refractivity contribution < 1.29 is 9.59 Å². The van der Waals surface area contributed by atoms with Crippen LogP contribution in [0.4, 0.5) is 0 Å². The zero-order valence-electron chi connectivity index (χ0n) is 11.9. The lowest BCUT2D eigenvalue weighted by Gasteiger charge is -2.40. The van der Waals surface area contributed by atoms with E-state index < -0.39 is 12.1 Å². The first kappa shape index (κ1) is 14.3. The van der Waals surface area contributed by atoms with E-state index in [1.165, 1.54) is 0 Å². The molecule has 0 bridgehead atoms. The van der Waals surface area contributed by atoms with Crippen molar-refractivity contribution in [2.24, 2.45) is 0 Å². The van der Waals surface area contributed by atoms with Crippen LogP contribution in [0.1, 0.15) is 19.4 Å². The predicted molar refractivity (Wildman–Crippen MR) is 78.0 cm³/mol. The summed E-state index contributed by atoms with van der Waals surface area (Å²) in [5, 5.41) is 2.81. The largest absolute Gasteiger partial charge is 0.342 e. The molecule has 0 spiro atoms. The average Bonchev–Trinajstić information content (AvgIpc) is 2.45. The minimum absolute atomic E-state index is 0.0478. The van der Waals surface area contributed by atoms with E-state index in [4.69, 9.17) is 0 Å². The van der Waals surface area contributed by atoms with E-state index in [0.717, 1.165) is 5.56 Å². The Morgan fingerprint density at radius 3 is 2.60 bits per heavy atom. The minimum atomic E-state index is -0.497. The van der Waals surface area contributed by atoms with Crippen LogP contribution in [0.2, 0.25) is 0 Å². The van der Waals surface area contributed by atoms with Crippen LogP contribution < -0.4 is 5.32 Å². The standard InChI is InChI=1S/C16H20N2O2/c1-4-11(2)18-12(3)15(19)17-14(16(18)20)10-13-8-6-5-7-9-13/h4-9,11-12,14H,1,10H2,2-3H3,(H,17,19). The molecule has 1 saturated heterocycles. The third kappa shape index (κ3) is 2.74. The van der Waals surface area contributed by atoms with Crippen molar-refractivity contribution in [3.05, 3.63) is 48.6 Å². The maximum Gasteiger partial charge on any atom is 0.246 e. The van der Waals surface area contributed by atoms with Gasteiger partial charge in [-0.25, -0.2) is 0 Å². The number of benzene rings is 1. The van der Waals surface area contributed by atoms with E-state index in [9.17, 15) is 9.59 Å². The van der Waals surface area contributed by atoms with Crippen molar-refractivity contribution in [2.75, 3.05) is 0 Å². The number of piperazine rings is 1. The highest BCUT2D eigenvalue weighted by molar-refractivity contribution is 5.97. The maximum atomic E-state index is 12.5. The van der Waals surface area contributed by atoms with Crippen LogP contribution in [-0.4, -0.2) is 34.8 Å². The molecule has 1 heterocycles. The second kappa shape index (κ2) is 5.90. The first-order chi connectivity index (χ1) is 9.54. The molecule has 106 valence electrons. The van der Waals surface area contributed by atoms with Crippen LogP contribution in [0.3, 0.4) is 0 Å². The normalized spacial score (nSPS) is 24.2. The molecule has 3 unspecified atom stereocenters. The Morgan fingerprint density at radius 1 is 1.35 bits per heavy atom. The van der Waals surface area contributed by atoms with Crippen molar-refractivity contribution in [2.45, 2.75) is 38.4 Å². The molecule has 1 aromatic carbocycles. The Kier molecular flexibility index (Phi) is 4.23. The zero-order chi connectivity index (χ0) is 14.7. The molecule has 1 fully saturated rings. The quantitative estimate of drug-likeness (QED) is 0.845. The topological polar surface area (TPSA) is 49.4 Å². The minimum Gasteiger partial charge on any atom is -0.342 e. The average molecular weight is 272 g/mol. The molecule has 2 rings (SSSR count). The van der Waals surface area contributed by atoms with Crippen molar-refractivity contribution in [1.82, 2.24) is 10.2 Å². The summed E-state index contributed by atoms with van der Waals surface area (Å²) in [6.45, 7) is 7.33. The summed E-state index contributed by atoms with van der Waals surface area (Å²) in [6, 6.07) is 8.60. The molecular weight excluding hydrogens is 252 g/mol. The Morgan fingerprint density at radius 2 is 2.00 bits per heavy atom. The van der Waals surface area contributed by atoms with E-state index in [1.807, 2.05) is 37.3 Å². The molecule has 1 aliphatic rings. The number of amides is 2. The fourth-order valence-electron chi connectivity index (χ4n) is 2.51. The summed E-state index contributed by atoms with van der Waals surface area (Å²) in [7, 11) is 0. The SMILES string of the molecule is C=CC(C)N1C(=O)C(Cc2ccccc2)NC(=O)C1C. The molecule has 2 amide bonds. The third-order valence-corrected chi connectivity index (χ3v) is 3.73. The van der Waals surface area contributed by atoms with Gasteiger partial charge in [0.05, 0.1) is 0 Å². The number of hydrogen-bond donors (Lipinski definition) is 1. The lowest BCUT2D eigenvalue weighted by atomic mass is 9.99. The van der Waals surface area contributed by atoms with Gasteiger partial charge in [-0.3, -0.25) is 9.59 Å². The fourth-order valence-corrected chi connectivity index (χ4v) is 2.51. The van der Waals surface area contributed by atoms with Crippen molar-refractivity contribution in [1.29, 1.82) is 0 Å². The number of rotatable bonds is 4. The van der Waals surface area contributed by atoms with Gasteiger partial charge in [0.1, 0.15) is 12.1 Å². The molecule has 4 heteroatoms. The van der Waals surface area contributed by atoms with Gasteiger partial charge in [-0.15, -0.1) is 6.58 Å². The van der Waals surface area contributed by atoms with Crippen LogP contribution in [0.25, 0.3) is 0 Å². The first-order valence-electron chi connectivity index (χ1n) is 6.83. The number of hydrogen-bond acceptors (Lipinski definition) is 2. The lowest BCUT2D eigenvalue weighted by Crippen LogP contribution is -2.64. The van der Waals surface area contributed by atoms with Crippen LogP contribution in [0.5, 0.6) is 0 Å². The third-order valence-electron chi connectivity index (χ3n) is 3.73. The summed E-state index contributed by atoms with van der Waals surface area (Å²) in [5.41, 5.74) is 1.03. The van der Waals surface area contributed by atoms with Gasteiger partial charge in [0, 0.05) is 12.5 Å². The summed E-state index contributed by atoms with van der Waals surface area (Å²) in [4.78, 5) is 26.2. The Hall–Kier alpha value is -2.10. The van der Waals surface area contributed by atoms with E-state index in [1.54, 1.807) is 17.9 Å². The van der Waals surface area contributed by atoms with Crippen LogP contribution in [0.15, 0.2) is 43.0 Å². The van der Waals surface area contributed by atoms with Gasteiger partial charge in [-0.2, -0.15) is 0 Å². The van der Waals surface area contributed by atoms with Crippen molar-refractivity contribution in [3.63, 3.8) is 0 Å². The molecule has 1 aliphatic heterocycles. The second-order valence-electron chi connectivity index (χ2n) is 5.15. The van der Waals surface area contributed by atoms with E-state index >= 15 is 0 Å². The summed E-state index contributed by atoms with van der Waals surface area (Å²) in [5.74, 6) is -0.160. The molecule has 1 aromatic rings. The number of carbonyl (C=O) groups is 2. The maximum absolute atomic E-state index is 12.5. The van der Waals surface area contributed by atoms with Crippen molar-refractivity contribution in [3.8, 4) is 0 Å². The van der Waals surface area contributed by atoms with E-state index in [-0.39, 0.29) is 17.9 Å². The molecule has 0 aromatic heterocycles. The highest BCUT2D eigenvalue weighted by Crippen LogP contribution is 2.17. The molecule has 0 aliphatic carbocycles. The molecule has 20 heavy (non-hydrogen) atoms. The number of nitrogens with one attached hydrogen (secondary N) is 1. The summed E-state index contributed by atoms with van der Waals surface area (Å²) < 4.78 is 0. The van der Waals surface area contributed by atoms with Gasteiger partial charge in [0.2, 0.25) is 11.8 Å². The second-order valence-corrected chi connectivity index (χ2v) is 5.15. The van der Waals surface area contributed by atoms with Crippen LogP contribution in [-0.2, 0) is 16.0 Å². The molecule has 0 radical (unpaired) electrons. The van der Waals surface area contributed by atoms with Gasteiger partial charge >= 0.3 is 0 Å². The predicted octanol–water partition coefficient (Wildman–Crippen LogP) is 1.52. The highest BCUT2D eigenvalue weighted by Gasteiger charge is 2.39. The van der Waals surface area contributed by atoms with Gasteiger partial charge in [-0.05, 0) is 19.4 Å². The van der Waals surface area contributed by atoms with Crippen molar-refractivity contribution >= 4 is 11.8 Å². The Labute approximate surface area is 119 Å². The monoisotopic (exact) mass is 272 g/mol. The lowest BCUT2D eigenvalue weighted by molar-refractivity contribution is -0.149. The van der Waals surface area contributed by atoms with E-state index in [2.05, 4.69) is 11.9 Å². The molecule has 0 saturated carbocycles. The summed E-state index contributed by atoms with van der Waals surface area (Å²) in [6.07, 6.45) is 2.20. The molecule has 1 N–H and O–H groups in total. The van der Waals surface area contributed by atoms with E-state index in [0.29, 0.717) is 6.42 Å². The molecule has 3 atom stereocenters. The number of nitrogens with zero attached hydrogens (tertiary/aromatic N) is 1. The van der Waals surface area contributed by atoms with Gasteiger partial charge in [0.25, 0.3) is 0 Å². The molecule has 4 nitrogen and oxygen atoms in total. The Bertz CT molecular complexity index is 512. The van der Waals surface area contributed by atoms with Gasteiger partial charge in [-0.1, -0.05) is 36.4 Å². The van der Waals surface area contributed by atoms with Crippen LogP contribution in [0, 0.1) is 0 Å². The molecular formula is C16H20N2O2. The smallest absolute Gasteiger partial charge is 0.246 e.